The maximum absolute atomic E-state index is 5.07. The number of nitrogens with one attached hydrogen (secondary N) is 2. The Morgan fingerprint density at radius 1 is 1.61 bits per heavy atom. The lowest BCUT2D eigenvalue weighted by molar-refractivity contribution is 0.179. The molecule has 1 unspecified atom stereocenters. The normalized spacial score (nSPS) is 12.8. The molecule has 104 valence electrons. The molecule has 0 radical (unpaired) electrons. The first-order chi connectivity index (χ1) is 8.15. The summed E-state index contributed by atoms with van der Waals surface area (Å²) in [6, 6.07) is 2.34. The van der Waals surface area contributed by atoms with E-state index < -0.39 is 0 Å². The van der Waals surface area contributed by atoms with Crippen molar-refractivity contribution in [3.63, 3.8) is 0 Å². The van der Waals surface area contributed by atoms with Crippen molar-refractivity contribution in [2.24, 2.45) is 4.99 Å². The van der Waals surface area contributed by atoms with Crippen molar-refractivity contribution in [1.29, 1.82) is 0 Å². The number of guanidine groups is 1. The molecule has 4 nitrogen and oxygen atoms in total. The van der Waals surface area contributed by atoms with E-state index in [4.69, 9.17) is 4.74 Å². The third-order valence-corrected chi connectivity index (χ3v) is 3.77. The van der Waals surface area contributed by atoms with Crippen LogP contribution in [0.4, 0.5) is 0 Å². The first-order valence-corrected chi connectivity index (χ1v) is 7.02. The van der Waals surface area contributed by atoms with E-state index in [-0.39, 0.29) is 30.0 Å². The number of rotatable bonds is 5. The van der Waals surface area contributed by atoms with Gasteiger partial charge in [0.05, 0.1) is 13.2 Å². The molecule has 1 aromatic heterocycles. The molecule has 0 saturated heterocycles. The van der Waals surface area contributed by atoms with Crippen LogP contribution in [0.3, 0.4) is 0 Å². The molecular formula is C11H19BrIN3OS. The first-order valence-electron chi connectivity index (χ1n) is 5.34. The molecule has 2 N–H and O–H groups in total. The zero-order chi connectivity index (χ0) is 12.7. The lowest BCUT2D eigenvalue weighted by Crippen LogP contribution is -2.43. The third kappa shape index (κ3) is 6.91. The lowest BCUT2D eigenvalue weighted by Gasteiger charge is -2.16. The van der Waals surface area contributed by atoms with Crippen molar-refractivity contribution in [2.75, 3.05) is 20.8 Å². The average Bonchev–Trinajstić information content (AvgIpc) is 2.70. The largest absolute Gasteiger partial charge is 0.383 e. The maximum Gasteiger partial charge on any atom is 0.191 e. The molecule has 7 heteroatoms. The van der Waals surface area contributed by atoms with Crippen molar-refractivity contribution >= 4 is 57.2 Å². The summed E-state index contributed by atoms with van der Waals surface area (Å²) in [6.07, 6.45) is 0. The molecule has 0 aliphatic carbocycles. The smallest absolute Gasteiger partial charge is 0.191 e. The van der Waals surface area contributed by atoms with Crippen molar-refractivity contribution in [3.8, 4) is 0 Å². The second-order valence-corrected chi connectivity index (χ2v) is 5.57. The third-order valence-electron chi connectivity index (χ3n) is 2.08. The van der Waals surface area contributed by atoms with Gasteiger partial charge >= 0.3 is 0 Å². The van der Waals surface area contributed by atoms with Gasteiger partial charge in [-0.2, -0.15) is 0 Å². The van der Waals surface area contributed by atoms with Gasteiger partial charge in [0, 0.05) is 34.9 Å². The van der Waals surface area contributed by atoms with E-state index in [1.807, 2.05) is 0 Å². The number of hydrogen-bond acceptors (Lipinski definition) is 3. The Bertz CT molecular complexity index is 373. The summed E-state index contributed by atoms with van der Waals surface area (Å²) in [5.74, 6) is 0.791. The molecule has 0 aromatic carbocycles. The number of hydrogen-bond donors (Lipinski definition) is 2. The van der Waals surface area contributed by atoms with Crippen LogP contribution in [0.25, 0.3) is 0 Å². The van der Waals surface area contributed by atoms with E-state index in [0.717, 1.165) is 17.0 Å². The molecule has 0 spiro atoms. The van der Waals surface area contributed by atoms with Gasteiger partial charge in [-0.1, -0.05) is 0 Å². The van der Waals surface area contributed by atoms with Crippen LogP contribution < -0.4 is 10.6 Å². The predicted molar refractivity (Wildman–Crippen MR) is 92.1 cm³/mol. The zero-order valence-corrected chi connectivity index (χ0v) is 15.4. The highest BCUT2D eigenvalue weighted by Crippen LogP contribution is 2.19. The van der Waals surface area contributed by atoms with Gasteiger partial charge in [-0.25, -0.2) is 0 Å². The number of halogens is 2. The van der Waals surface area contributed by atoms with Crippen molar-refractivity contribution in [3.05, 3.63) is 20.8 Å². The quantitative estimate of drug-likeness (QED) is 0.414. The van der Waals surface area contributed by atoms with E-state index in [2.05, 4.69) is 49.9 Å². The van der Waals surface area contributed by atoms with Crippen molar-refractivity contribution in [2.45, 2.75) is 19.5 Å². The zero-order valence-electron chi connectivity index (χ0n) is 10.7. The maximum atomic E-state index is 5.07. The Kier molecular flexibility index (Phi) is 10.1. The fraction of sp³-hybridized carbons (Fsp3) is 0.545. The van der Waals surface area contributed by atoms with Gasteiger partial charge in [-0.05, 0) is 28.9 Å². The minimum Gasteiger partial charge on any atom is -0.383 e. The summed E-state index contributed by atoms with van der Waals surface area (Å²) in [7, 11) is 3.46. The lowest BCUT2D eigenvalue weighted by atomic mass is 10.4. The highest BCUT2D eigenvalue weighted by molar-refractivity contribution is 14.0. The van der Waals surface area contributed by atoms with E-state index in [1.54, 1.807) is 25.5 Å². The highest BCUT2D eigenvalue weighted by Gasteiger charge is 2.05. The summed E-state index contributed by atoms with van der Waals surface area (Å²) < 4.78 is 6.19. The predicted octanol–water partition coefficient (Wildman–Crippen LogP) is 2.83. The second-order valence-electron chi connectivity index (χ2n) is 3.66. The van der Waals surface area contributed by atoms with Crippen LogP contribution in [0, 0.1) is 0 Å². The van der Waals surface area contributed by atoms with E-state index in [1.165, 1.54) is 4.88 Å². The SMILES string of the molecule is CN=C(NCc1cc(Br)cs1)NC(C)COC.I. The number of aliphatic imine (C=N–C) groups is 1. The molecule has 0 fully saturated rings. The molecule has 0 amide bonds. The monoisotopic (exact) mass is 447 g/mol. The Morgan fingerprint density at radius 2 is 2.33 bits per heavy atom. The second kappa shape index (κ2) is 9.99. The Morgan fingerprint density at radius 3 is 2.83 bits per heavy atom. The summed E-state index contributed by atoms with van der Waals surface area (Å²) in [5, 5.41) is 8.58. The molecular weight excluding hydrogens is 429 g/mol. The van der Waals surface area contributed by atoms with Crippen LogP contribution in [0.5, 0.6) is 0 Å². The van der Waals surface area contributed by atoms with Gasteiger partial charge in [0.15, 0.2) is 5.96 Å². The Labute approximate surface area is 138 Å². The van der Waals surface area contributed by atoms with Gasteiger partial charge in [0.1, 0.15) is 0 Å². The van der Waals surface area contributed by atoms with Crippen LogP contribution >= 0.6 is 51.2 Å². The van der Waals surface area contributed by atoms with Crippen LogP contribution in [0.1, 0.15) is 11.8 Å². The van der Waals surface area contributed by atoms with Crippen LogP contribution in [0.15, 0.2) is 20.9 Å². The van der Waals surface area contributed by atoms with Crippen molar-refractivity contribution < 1.29 is 4.74 Å². The van der Waals surface area contributed by atoms with E-state index >= 15 is 0 Å². The molecule has 1 aromatic rings. The number of methoxy groups -OCH3 is 1. The minimum atomic E-state index is 0. The molecule has 0 aliphatic heterocycles. The number of thiophene rings is 1. The van der Waals surface area contributed by atoms with Gasteiger partial charge in [0.2, 0.25) is 0 Å². The summed E-state index contributed by atoms with van der Waals surface area (Å²) in [6.45, 7) is 3.49. The highest BCUT2D eigenvalue weighted by atomic mass is 127. The molecule has 18 heavy (non-hydrogen) atoms. The van der Waals surface area contributed by atoms with Gasteiger partial charge in [-0.15, -0.1) is 35.3 Å². The topological polar surface area (TPSA) is 45.7 Å². The van der Waals surface area contributed by atoms with Gasteiger partial charge < -0.3 is 15.4 Å². The Balaban J connectivity index is 0.00000289. The minimum absolute atomic E-state index is 0. The van der Waals surface area contributed by atoms with E-state index in [0.29, 0.717) is 6.61 Å². The van der Waals surface area contributed by atoms with Crippen LogP contribution in [-0.2, 0) is 11.3 Å². The summed E-state index contributed by atoms with van der Waals surface area (Å²) >= 11 is 5.15. The van der Waals surface area contributed by atoms with Crippen molar-refractivity contribution in [1.82, 2.24) is 10.6 Å². The Hall–Kier alpha value is 0.140. The first kappa shape index (κ1) is 18.1. The number of nitrogens with zero attached hydrogens (tertiary/aromatic N) is 1. The molecule has 1 heterocycles. The fourth-order valence-corrected chi connectivity index (χ4v) is 2.73. The van der Waals surface area contributed by atoms with Gasteiger partial charge in [0.25, 0.3) is 0 Å². The molecule has 0 bridgehead atoms. The fourth-order valence-electron chi connectivity index (χ4n) is 1.34. The van der Waals surface area contributed by atoms with Crippen LogP contribution in [0.2, 0.25) is 0 Å². The molecule has 0 aliphatic rings. The molecule has 1 atom stereocenters. The van der Waals surface area contributed by atoms with Crippen LogP contribution in [-0.4, -0.2) is 32.8 Å². The number of ether oxygens (including phenoxy) is 1. The average molecular weight is 448 g/mol. The molecule has 0 saturated carbocycles. The van der Waals surface area contributed by atoms with E-state index in [9.17, 15) is 0 Å². The molecule has 1 rings (SSSR count). The van der Waals surface area contributed by atoms with Gasteiger partial charge in [-0.3, -0.25) is 4.99 Å². The summed E-state index contributed by atoms with van der Waals surface area (Å²) in [4.78, 5) is 5.43. The summed E-state index contributed by atoms with van der Waals surface area (Å²) in [5.41, 5.74) is 0. The standard InChI is InChI=1S/C11H18BrN3OS.HI/c1-8(6-16-3)15-11(13-2)14-5-10-4-9(12)7-17-10;/h4,7-8H,5-6H2,1-3H3,(H2,13,14,15);1H.